The Kier molecular flexibility index (Phi) is 7.84. The zero-order chi connectivity index (χ0) is 16.3. The van der Waals surface area contributed by atoms with Crippen LogP contribution in [0, 0.1) is 7.14 Å². The average Bonchev–Trinajstić information content (AvgIpc) is 2.44. The summed E-state index contributed by atoms with van der Waals surface area (Å²) in [5.74, 6) is 0.465. The van der Waals surface area contributed by atoms with E-state index in [1.165, 1.54) is 0 Å². The highest BCUT2D eigenvalue weighted by molar-refractivity contribution is 14.1. The van der Waals surface area contributed by atoms with Crippen LogP contribution in [0.2, 0.25) is 0 Å². The van der Waals surface area contributed by atoms with Gasteiger partial charge in [0.05, 0.1) is 7.14 Å². The van der Waals surface area contributed by atoms with Gasteiger partial charge in [0.25, 0.3) is 0 Å². The minimum atomic E-state index is -1.02. The summed E-state index contributed by atoms with van der Waals surface area (Å²) < 4.78 is 7.56. The lowest BCUT2D eigenvalue weighted by Crippen LogP contribution is -2.32. The van der Waals surface area contributed by atoms with E-state index in [9.17, 15) is 9.90 Å². The highest BCUT2D eigenvalue weighted by Crippen LogP contribution is 2.33. The van der Waals surface area contributed by atoms with Gasteiger partial charge in [-0.2, -0.15) is 0 Å². The standard InChI is InChI=1S/C15H13I2NO4.ClH/c16-11-5-8(7-13(18)15(20)21)6-12(17)14(11)22-10-3-1-9(19)2-4-10;/h1-6,13,19H,7,18H2,(H,20,21);1H/t13-;/m0./s1/i1+1,2+1,3+1,4+1,9+1,10+1;. The molecule has 0 heterocycles. The van der Waals surface area contributed by atoms with Crippen molar-refractivity contribution in [3.8, 4) is 17.2 Å². The fourth-order valence-corrected chi connectivity index (χ4v) is 3.92. The van der Waals surface area contributed by atoms with E-state index in [0.717, 1.165) is 12.7 Å². The maximum Gasteiger partial charge on any atom is 0.320 e. The molecule has 2 aromatic rings. The van der Waals surface area contributed by atoms with Crippen molar-refractivity contribution in [2.75, 3.05) is 0 Å². The highest BCUT2D eigenvalue weighted by Gasteiger charge is 2.15. The molecule has 0 saturated carbocycles. The highest BCUT2D eigenvalue weighted by atomic mass is 127. The molecule has 0 bridgehead atoms. The molecule has 5 nitrogen and oxygen atoms in total. The minimum absolute atomic E-state index is 0. The number of carboxylic acid groups (broad SMARTS) is 1. The van der Waals surface area contributed by atoms with Crippen LogP contribution in [0.15, 0.2) is 36.4 Å². The van der Waals surface area contributed by atoms with E-state index in [1.54, 1.807) is 24.3 Å². The molecule has 8 heteroatoms. The van der Waals surface area contributed by atoms with Gasteiger partial charge in [0.1, 0.15) is 17.5 Å². The van der Waals surface area contributed by atoms with Crippen molar-refractivity contribution in [2.24, 2.45) is 5.73 Å². The lowest BCUT2D eigenvalue weighted by Gasteiger charge is -2.13. The molecule has 124 valence electrons. The molecule has 0 amide bonds. The monoisotopic (exact) mass is 567 g/mol. The number of hydrogen-bond acceptors (Lipinski definition) is 4. The Morgan fingerprint density at radius 3 is 2.17 bits per heavy atom. The van der Waals surface area contributed by atoms with Gasteiger partial charge in [-0.3, -0.25) is 4.79 Å². The molecule has 0 unspecified atom stereocenters. The summed E-state index contributed by atoms with van der Waals surface area (Å²) in [5.41, 5.74) is 6.41. The van der Waals surface area contributed by atoms with E-state index in [4.69, 9.17) is 15.6 Å². The lowest BCUT2D eigenvalue weighted by molar-refractivity contribution is -0.138. The van der Waals surface area contributed by atoms with E-state index in [0.29, 0.717) is 11.5 Å². The van der Waals surface area contributed by atoms with Gasteiger partial charge in [0.2, 0.25) is 0 Å². The smallest absolute Gasteiger partial charge is 0.320 e. The van der Waals surface area contributed by atoms with Crippen molar-refractivity contribution in [3.63, 3.8) is 0 Å². The fourth-order valence-electron chi connectivity index (χ4n) is 1.80. The summed E-state index contributed by atoms with van der Waals surface area (Å²) in [6, 6.07) is 9.26. The van der Waals surface area contributed by atoms with E-state index in [-0.39, 0.29) is 24.6 Å². The Bertz CT molecular complexity index is 671. The number of carboxylic acids is 1. The maximum absolute atomic E-state index is 10.8. The average molecular weight is 567 g/mol. The number of aliphatic carboxylic acids is 1. The molecule has 0 aliphatic rings. The molecule has 2 aromatic carbocycles. The van der Waals surface area contributed by atoms with Crippen LogP contribution >= 0.6 is 57.6 Å². The van der Waals surface area contributed by atoms with Crippen molar-refractivity contribution in [1.29, 1.82) is 0 Å². The zero-order valence-electron chi connectivity index (χ0n) is 11.7. The predicted molar refractivity (Wildman–Crippen MR) is 107 cm³/mol. The summed E-state index contributed by atoms with van der Waals surface area (Å²) in [5, 5.41) is 18.2. The molecule has 0 radical (unpaired) electrons. The molecule has 0 saturated heterocycles. The second kappa shape index (κ2) is 8.90. The summed E-state index contributed by atoms with van der Waals surface area (Å²) in [6.45, 7) is 0. The molecule has 0 aromatic heterocycles. The summed E-state index contributed by atoms with van der Waals surface area (Å²) in [7, 11) is 0. The molecule has 2 rings (SSSR count). The molecular weight excluding hydrogens is 553 g/mol. The summed E-state index contributed by atoms with van der Waals surface area (Å²) in [6.07, 6.45) is 0.265. The number of benzene rings is 2. The van der Waals surface area contributed by atoms with Gasteiger partial charge in [0.15, 0.2) is 5.75 Å². The van der Waals surface area contributed by atoms with Crippen LogP contribution in [0.1, 0.15) is 5.56 Å². The first kappa shape index (κ1) is 20.3. The van der Waals surface area contributed by atoms with Gasteiger partial charge in [-0.15, -0.1) is 12.4 Å². The van der Waals surface area contributed by atoms with Gasteiger partial charge < -0.3 is 20.7 Å². The Morgan fingerprint density at radius 1 is 1.17 bits per heavy atom. The first-order valence-electron chi connectivity index (χ1n) is 6.30. The van der Waals surface area contributed by atoms with E-state index < -0.39 is 12.0 Å². The number of carbonyl (C=O) groups is 1. The van der Waals surface area contributed by atoms with Gasteiger partial charge in [-0.1, -0.05) is 0 Å². The van der Waals surface area contributed by atoms with Crippen molar-refractivity contribution >= 4 is 63.6 Å². The number of phenolic OH excluding ortho intramolecular Hbond substituents is 1. The second-order valence-electron chi connectivity index (χ2n) is 4.63. The van der Waals surface area contributed by atoms with Crippen LogP contribution in [0.4, 0.5) is 0 Å². The maximum atomic E-state index is 10.8. The molecule has 0 aliphatic heterocycles. The molecule has 0 spiro atoms. The third-order valence-electron chi connectivity index (χ3n) is 2.89. The van der Waals surface area contributed by atoms with Crippen LogP contribution in [0.3, 0.4) is 0 Å². The van der Waals surface area contributed by atoms with Gasteiger partial charge in [-0.05, 0) is 93.6 Å². The quantitative estimate of drug-likeness (QED) is 0.479. The fraction of sp³-hybridized carbons (Fsp3) is 0.133. The molecule has 1 atom stereocenters. The number of halogens is 3. The van der Waals surface area contributed by atoms with Crippen LogP contribution in [0.25, 0.3) is 0 Å². The molecule has 4 N–H and O–H groups in total. The topological polar surface area (TPSA) is 92.8 Å². The van der Waals surface area contributed by atoms with Crippen LogP contribution in [0.5, 0.6) is 17.2 Å². The number of nitrogens with two attached hydrogens (primary N) is 1. The number of aromatic hydroxyl groups is 1. The molecular formula is C15H14ClI2NO4. The Balaban J connectivity index is 0.00000264. The predicted octanol–water partition coefficient (Wildman–Crippen LogP) is 3.77. The van der Waals surface area contributed by atoms with Crippen molar-refractivity contribution in [2.45, 2.75) is 12.5 Å². The van der Waals surface area contributed by atoms with Crippen molar-refractivity contribution in [1.82, 2.24) is 0 Å². The lowest BCUT2D eigenvalue weighted by atomic mass is 10.1. The number of hydrogen-bond donors (Lipinski definition) is 3. The largest absolute Gasteiger partial charge is 0.508 e. The first-order valence-corrected chi connectivity index (χ1v) is 8.45. The van der Waals surface area contributed by atoms with E-state index in [1.807, 2.05) is 12.1 Å². The van der Waals surface area contributed by atoms with Crippen molar-refractivity contribution in [3.05, 3.63) is 49.1 Å². The Hall–Kier alpha value is -0.780. The van der Waals surface area contributed by atoms with Crippen LogP contribution < -0.4 is 10.5 Å². The number of rotatable bonds is 5. The Labute approximate surface area is 166 Å². The number of ether oxygens (including phenoxy) is 1. The Morgan fingerprint density at radius 2 is 1.70 bits per heavy atom. The van der Waals surface area contributed by atoms with Crippen LogP contribution in [-0.4, -0.2) is 22.2 Å². The van der Waals surface area contributed by atoms with Crippen LogP contribution in [-0.2, 0) is 11.2 Å². The summed E-state index contributed by atoms with van der Waals surface area (Å²) in [4.78, 5) is 10.8. The number of phenols is 1. The SMILES string of the molecule is Cl.N[C@@H](Cc1cc(I)c(O[13c]2[13cH][13cH][13c](O)[13cH][13cH]2)c(I)c1)C(=O)O. The summed E-state index contributed by atoms with van der Waals surface area (Å²) >= 11 is 4.28. The molecule has 23 heavy (non-hydrogen) atoms. The van der Waals surface area contributed by atoms with E-state index in [2.05, 4.69) is 45.2 Å². The molecule has 0 aliphatic carbocycles. The minimum Gasteiger partial charge on any atom is -0.508 e. The normalized spacial score (nSPS) is 11.4. The van der Waals surface area contributed by atoms with Crippen molar-refractivity contribution < 1.29 is 19.7 Å². The second-order valence-corrected chi connectivity index (χ2v) is 6.96. The zero-order valence-corrected chi connectivity index (χ0v) is 16.8. The van der Waals surface area contributed by atoms with E-state index >= 15 is 0 Å². The molecule has 0 fully saturated rings. The third kappa shape index (κ3) is 5.66. The van der Waals surface area contributed by atoms with Gasteiger partial charge >= 0.3 is 5.97 Å². The third-order valence-corrected chi connectivity index (χ3v) is 4.49. The van der Waals surface area contributed by atoms with Gasteiger partial charge in [-0.25, -0.2) is 0 Å². The first-order chi connectivity index (χ1) is 10.4. The van der Waals surface area contributed by atoms with Gasteiger partial charge in [0, 0.05) is 0 Å².